The summed E-state index contributed by atoms with van der Waals surface area (Å²) in [6.45, 7) is 0. The fourth-order valence-corrected chi connectivity index (χ4v) is 8.80. The van der Waals surface area contributed by atoms with Crippen molar-refractivity contribution in [2.75, 3.05) is 0 Å². The Bertz CT molecular complexity index is 1310. The molecule has 0 spiro atoms. The van der Waals surface area contributed by atoms with Crippen LogP contribution < -0.4 is 0 Å². The van der Waals surface area contributed by atoms with Gasteiger partial charge in [-0.2, -0.15) is 0 Å². The van der Waals surface area contributed by atoms with Crippen LogP contribution in [0.25, 0.3) is 12.2 Å². The van der Waals surface area contributed by atoms with Crippen molar-refractivity contribution >= 4 is 44.9 Å². The molecule has 4 heteroatoms. The minimum absolute atomic E-state index is 0. The van der Waals surface area contributed by atoms with Crippen molar-refractivity contribution in [3.05, 3.63) is 153 Å². The van der Waals surface area contributed by atoms with E-state index in [2.05, 4.69) is 109 Å². The average molecular weight is 660 g/mol. The van der Waals surface area contributed by atoms with Gasteiger partial charge in [-0.05, 0) is 33.4 Å². The Kier molecular flexibility index (Phi) is 6.45. The normalized spacial score (nSPS) is 22.6. The van der Waals surface area contributed by atoms with Gasteiger partial charge in [0.05, 0.1) is 9.52 Å². The van der Waals surface area contributed by atoms with Gasteiger partial charge >= 0.3 is 0 Å². The monoisotopic (exact) mass is 660 g/mol. The molecule has 2 aliphatic carbocycles. The van der Waals surface area contributed by atoms with Crippen LogP contribution in [0.2, 0.25) is 0 Å². The van der Waals surface area contributed by atoms with E-state index in [9.17, 15) is 0 Å². The molecule has 0 N–H and O–H groups in total. The van der Waals surface area contributed by atoms with Crippen molar-refractivity contribution in [1.82, 2.24) is 0 Å². The molecule has 0 aliphatic heterocycles. The van der Waals surface area contributed by atoms with Gasteiger partial charge in [0.25, 0.3) is 0 Å². The SMILES string of the molecule is ClC1(c2ccccc2)C([SiH2]C2=Cc3ccccc3C2(Cl)c2ccccc2)=Cc2ccccc21.[Hf]. The van der Waals surface area contributed by atoms with Crippen LogP contribution in [0.5, 0.6) is 0 Å². The molecule has 4 aromatic rings. The van der Waals surface area contributed by atoms with Crippen molar-refractivity contribution in [2.45, 2.75) is 9.75 Å². The van der Waals surface area contributed by atoms with Crippen molar-refractivity contribution in [2.24, 2.45) is 0 Å². The molecule has 0 bridgehead atoms. The zero-order chi connectivity index (χ0) is 22.5. The number of benzene rings is 4. The maximum Gasteiger partial charge on any atom is 0.113 e. The molecule has 0 radical (unpaired) electrons. The molecule has 0 saturated heterocycles. The van der Waals surface area contributed by atoms with Crippen LogP contribution in [0.3, 0.4) is 0 Å². The molecule has 164 valence electrons. The molecule has 6 rings (SSSR count). The Balaban J connectivity index is 0.00000241. The first-order chi connectivity index (χ1) is 16.1. The van der Waals surface area contributed by atoms with E-state index < -0.39 is 19.3 Å². The van der Waals surface area contributed by atoms with Gasteiger partial charge in [-0.15, -0.1) is 23.2 Å². The number of rotatable bonds is 4. The van der Waals surface area contributed by atoms with Gasteiger partial charge in [-0.25, -0.2) is 0 Å². The predicted octanol–water partition coefficient (Wildman–Crippen LogP) is 7.23. The van der Waals surface area contributed by atoms with Gasteiger partial charge in [0.2, 0.25) is 0 Å². The molecule has 0 amide bonds. The molecule has 0 fully saturated rings. The van der Waals surface area contributed by atoms with E-state index in [0.717, 1.165) is 22.3 Å². The van der Waals surface area contributed by atoms with Crippen LogP contribution >= 0.6 is 23.2 Å². The molecule has 0 aromatic heterocycles. The van der Waals surface area contributed by atoms with Crippen LogP contribution in [0, 0.1) is 0 Å². The largest absolute Gasteiger partial charge is 0.113 e. The number of hydrogen-bond acceptors (Lipinski definition) is 0. The number of fused-ring (bicyclic) bond motifs is 2. The number of halogens is 2. The van der Waals surface area contributed by atoms with Gasteiger partial charge in [-0.1, -0.05) is 132 Å². The van der Waals surface area contributed by atoms with Crippen LogP contribution in [0.4, 0.5) is 0 Å². The van der Waals surface area contributed by atoms with E-state index in [0.29, 0.717) is 0 Å². The number of allylic oxidation sites excluding steroid dienone is 2. The van der Waals surface area contributed by atoms with Gasteiger partial charge in [0, 0.05) is 25.8 Å². The van der Waals surface area contributed by atoms with Crippen LogP contribution in [0.1, 0.15) is 33.4 Å². The molecular formula is C30H22Cl2HfSi. The van der Waals surface area contributed by atoms with Gasteiger partial charge < -0.3 is 0 Å². The quantitative estimate of drug-likeness (QED) is 0.160. The van der Waals surface area contributed by atoms with E-state index in [1.807, 2.05) is 12.1 Å². The minimum atomic E-state index is -1.00. The van der Waals surface area contributed by atoms with E-state index >= 15 is 0 Å². The summed E-state index contributed by atoms with van der Waals surface area (Å²) in [4.78, 5) is -1.32. The van der Waals surface area contributed by atoms with E-state index in [4.69, 9.17) is 23.2 Å². The maximum atomic E-state index is 7.62. The smallest absolute Gasteiger partial charge is 0.104 e. The van der Waals surface area contributed by atoms with Crippen molar-refractivity contribution in [1.29, 1.82) is 0 Å². The van der Waals surface area contributed by atoms with Crippen LogP contribution in [-0.2, 0) is 35.6 Å². The molecule has 2 unspecified atom stereocenters. The van der Waals surface area contributed by atoms with Crippen molar-refractivity contribution < 1.29 is 25.8 Å². The first kappa shape index (κ1) is 23.8. The molecule has 4 aromatic carbocycles. The van der Waals surface area contributed by atoms with Gasteiger partial charge in [0.15, 0.2) is 0 Å². The van der Waals surface area contributed by atoms with Crippen LogP contribution in [0.15, 0.2) is 120 Å². The minimum Gasteiger partial charge on any atom is -0.104 e. The summed E-state index contributed by atoms with van der Waals surface area (Å²) in [6.07, 6.45) is 4.63. The summed E-state index contributed by atoms with van der Waals surface area (Å²) < 4.78 is 0. The molecule has 0 heterocycles. The summed E-state index contributed by atoms with van der Waals surface area (Å²) in [5, 5.41) is 2.58. The first-order valence-electron chi connectivity index (χ1n) is 11.2. The van der Waals surface area contributed by atoms with Crippen molar-refractivity contribution in [3.63, 3.8) is 0 Å². The number of alkyl halides is 2. The maximum absolute atomic E-state index is 7.62. The van der Waals surface area contributed by atoms with Gasteiger partial charge in [-0.3, -0.25) is 0 Å². The number of hydrogen-bond donors (Lipinski definition) is 0. The second-order valence-electron chi connectivity index (χ2n) is 8.74. The topological polar surface area (TPSA) is 0 Å². The second-order valence-corrected chi connectivity index (χ2v) is 11.8. The Labute approximate surface area is 231 Å². The fraction of sp³-hybridized carbons (Fsp3) is 0.0667. The summed E-state index contributed by atoms with van der Waals surface area (Å²) in [5.74, 6) is 0. The van der Waals surface area contributed by atoms with E-state index in [1.165, 1.54) is 21.5 Å². The third-order valence-corrected chi connectivity index (χ3v) is 10.9. The third-order valence-electron chi connectivity index (χ3n) is 6.93. The Hall–Kier alpha value is -1.97. The van der Waals surface area contributed by atoms with E-state index in [1.54, 1.807) is 0 Å². The van der Waals surface area contributed by atoms with E-state index in [-0.39, 0.29) is 25.8 Å². The molecule has 34 heavy (non-hydrogen) atoms. The first-order valence-corrected chi connectivity index (χ1v) is 13.4. The second kappa shape index (κ2) is 9.24. The van der Waals surface area contributed by atoms with Gasteiger partial charge in [0.1, 0.15) is 9.75 Å². The zero-order valence-electron chi connectivity index (χ0n) is 18.5. The Morgan fingerprint density at radius 1 is 0.471 bits per heavy atom. The molecule has 0 saturated carbocycles. The molecular weight excluding hydrogens is 638 g/mol. The summed E-state index contributed by atoms with van der Waals surface area (Å²) in [7, 11) is -1.00. The van der Waals surface area contributed by atoms with Crippen LogP contribution in [-0.4, -0.2) is 9.52 Å². The Morgan fingerprint density at radius 2 is 0.824 bits per heavy atom. The molecule has 2 atom stereocenters. The Morgan fingerprint density at radius 3 is 1.24 bits per heavy atom. The zero-order valence-corrected chi connectivity index (χ0v) is 25.0. The summed E-state index contributed by atoms with van der Waals surface area (Å²) >= 11 is 15.2. The average Bonchev–Trinajstić information content (AvgIpc) is 3.33. The summed E-state index contributed by atoms with van der Waals surface area (Å²) in [6, 6.07) is 37.9. The fourth-order valence-electron chi connectivity index (χ4n) is 5.36. The molecule has 0 nitrogen and oxygen atoms in total. The molecule has 2 aliphatic rings. The third kappa shape index (κ3) is 3.58. The standard InChI is InChI=1S/C30H22Cl2Si.Hf/c31-29(23-13-3-1-4-14-23)25-17-9-7-11-21(25)19-27(29)33-28-20-22-12-8-10-18-26(22)30(28,32)24-15-5-2-6-16-24;/h1-20H,33H2;. The summed E-state index contributed by atoms with van der Waals surface area (Å²) in [5.41, 5.74) is 6.97. The van der Waals surface area contributed by atoms with Crippen molar-refractivity contribution in [3.8, 4) is 0 Å². The predicted molar refractivity (Wildman–Crippen MR) is 144 cm³/mol.